The molecule has 1 aromatic heterocycles. The number of hydrogen-bond donors (Lipinski definition) is 1. The molecule has 4 rings (SSSR count). The van der Waals surface area contributed by atoms with E-state index in [4.69, 9.17) is 18.9 Å². The maximum atomic E-state index is 13.2. The second kappa shape index (κ2) is 8.99. The zero-order valence-electron chi connectivity index (χ0n) is 17.8. The van der Waals surface area contributed by atoms with Gasteiger partial charge in [-0.25, -0.2) is 4.98 Å². The Morgan fingerprint density at radius 3 is 2.42 bits per heavy atom. The molecule has 31 heavy (non-hydrogen) atoms. The lowest BCUT2D eigenvalue weighted by atomic mass is 10.0. The summed E-state index contributed by atoms with van der Waals surface area (Å²) in [5.41, 5.74) is 1.26. The molecule has 3 aromatic rings. The number of ether oxygens (including phenoxy) is 4. The van der Waals surface area contributed by atoms with Crippen molar-refractivity contribution in [1.82, 2.24) is 14.9 Å². The van der Waals surface area contributed by atoms with Gasteiger partial charge in [0.05, 0.1) is 27.4 Å². The van der Waals surface area contributed by atoms with Gasteiger partial charge in [-0.05, 0) is 35.9 Å². The van der Waals surface area contributed by atoms with Crippen LogP contribution in [0.5, 0.6) is 23.0 Å². The van der Waals surface area contributed by atoms with Crippen molar-refractivity contribution < 1.29 is 23.7 Å². The molecule has 0 radical (unpaired) electrons. The van der Waals surface area contributed by atoms with E-state index >= 15 is 0 Å². The van der Waals surface area contributed by atoms with Gasteiger partial charge in [-0.3, -0.25) is 4.79 Å². The van der Waals surface area contributed by atoms with Gasteiger partial charge in [0.1, 0.15) is 23.4 Å². The summed E-state index contributed by atoms with van der Waals surface area (Å²) in [7, 11) is 5.06. The number of aromatic nitrogens is 2. The quantitative estimate of drug-likeness (QED) is 0.656. The van der Waals surface area contributed by atoms with Crippen LogP contribution in [-0.2, 0) is 7.05 Å². The third-order valence-corrected chi connectivity index (χ3v) is 5.11. The Balaban J connectivity index is 1.68. The molecule has 8 nitrogen and oxygen atoms in total. The highest BCUT2D eigenvalue weighted by molar-refractivity contribution is 5.95. The minimum Gasteiger partial charge on any atom is -0.497 e. The van der Waals surface area contributed by atoms with Crippen molar-refractivity contribution in [2.24, 2.45) is 7.05 Å². The molecule has 8 heteroatoms. The average Bonchev–Trinajstić information content (AvgIpc) is 3.07. The van der Waals surface area contributed by atoms with Crippen molar-refractivity contribution >= 4 is 5.91 Å². The Kier molecular flexibility index (Phi) is 5.97. The Bertz CT molecular complexity index is 1060. The first-order chi connectivity index (χ1) is 15.1. The number of imidazole rings is 1. The summed E-state index contributed by atoms with van der Waals surface area (Å²) < 4.78 is 24.1. The first-order valence-corrected chi connectivity index (χ1v) is 9.99. The number of carbonyl (C=O) groups excluding carboxylic acids is 1. The van der Waals surface area contributed by atoms with Gasteiger partial charge >= 0.3 is 0 Å². The summed E-state index contributed by atoms with van der Waals surface area (Å²) in [6.45, 7) is 1.15. The number of aryl methyl sites for hydroxylation is 1. The van der Waals surface area contributed by atoms with Crippen LogP contribution in [0.2, 0.25) is 0 Å². The van der Waals surface area contributed by atoms with Crippen LogP contribution in [0.3, 0.4) is 0 Å². The minimum absolute atomic E-state index is 0.259. The summed E-state index contributed by atoms with van der Waals surface area (Å²) in [6, 6.07) is 10.2. The first-order valence-electron chi connectivity index (χ1n) is 9.99. The van der Waals surface area contributed by atoms with Crippen molar-refractivity contribution in [3.63, 3.8) is 0 Å². The van der Waals surface area contributed by atoms with Crippen molar-refractivity contribution in [2.75, 3.05) is 27.4 Å². The molecule has 0 saturated carbocycles. The van der Waals surface area contributed by atoms with E-state index in [0.717, 1.165) is 12.0 Å². The Labute approximate surface area is 180 Å². The van der Waals surface area contributed by atoms with Crippen LogP contribution in [0.25, 0.3) is 0 Å². The van der Waals surface area contributed by atoms with Gasteiger partial charge in [0.15, 0.2) is 11.5 Å². The summed E-state index contributed by atoms with van der Waals surface area (Å²) >= 11 is 0. The molecule has 0 saturated heterocycles. The molecular weight excluding hydrogens is 398 g/mol. The lowest BCUT2D eigenvalue weighted by Gasteiger charge is -2.21. The largest absolute Gasteiger partial charge is 0.497 e. The third-order valence-electron chi connectivity index (χ3n) is 5.11. The molecule has 1 amide bonds. The summed E-state index contributed by atoms with van der Waals surface area (Å²) in [4.78, 5) is 17.7. The second-order valence-corrected chi connectivity index (χ2v) is 7.16. The molecule has 0 aliphatic carbocycles. The lowest BCUT2D eigenvalue weighted by Crippen LogP contribution is -2.31. The molecular formula is C23H25N3O5. The Hall–Kier alpha value is -3.68. The maximum Gasteiger partial charge on any atom is 0.252 e. The van der Waals surface area contributed by atoms with Gasteiger partial charge in [-0.1, -0.05) is 0 Å². The molecule has 0 unspecified atom stereocenters. The molecule has 1 aliphatic heterocycles. The zero-order valence-corrected chi connectivity index (χ0v) is 17.8. The zero-order chi connectivity index (χ0) is 21.8. The lowest BCUT2D eigenvalue weighted by molar-refractivity contribution is 0.0940. The normalized spacial score (nSPS) is 13.8. The van der Waals surface area contributed by atoms with Crippen molar-refractivity contribution in [3.8, 4) is 23.0 Å². The van der Waals surface area contributed by atoms with Gasteiger partial charge in [0.25, 0.3) is 5.91 Å². The molecule has 0 bridgehead atoms. The topological polar surface area (TPSA) is 83.8 Å². The van der Waals surface area contributed by atoms with E-state index in [-0.39, 0.29) is 5.91 Å². The Morgan fingerprint density at radius 2 is 1.77 bits per heavy atom. The van der Waals surface area contributed by atoms with E-state index in [0.29, 0.717) is 47.6 Å². The van der Waals surface area contributed by atoms with E-state index in [1.165, 1.54) is 0 Å². The van der Waals surface area contributed by atoms with Crippen LogP contribution in [0.15, 0.2) is 48.8 Å². The van der Waals surface area contributed by atoms with Crippen molar-refractivity contribution in [1.29, 1.82) is 0 Å². The standard InChI is InChI=1S/C23H25N3O5/c1-26-8-7-24-22(26)21(16-11-17(28-2)14-18(12-16)29-3)25-23(27)15-5-6-19-20(13-15)31-10-4-9-30-19/h5-8,11-14,21H,4,9-10H2,1-3H3,(H,25,27)/t21-/m1/s1. The predicted molar refractivity (Wildman–Crippen MR) is 114 cm³/mol. The van der Waals surface area contributed by atoms with Crippen LogP contribution in [0.1, 0.15) is 34.2 Å². The molecule has 162 valence electrons. The number of carbonyl (C=O) groups is 1. The highest BCUT2D eigenvalue weighted by Crippen LogP contribution is 2.32. The number of benzene rings is 2. The van der Waals surface area contributed by atoms with Crippen LogP contribution < -0.4 is 24.3 Å². The number of hydrogen-bond acceptors (Lipinski definition) is 6. The number of amides is 1. The van der Waals surface area contributed by atoms with Crippen molar-refractivity contribution in [3.05, 3.63) is 65.7 Å². The van der Waals surface area contributed by atoms with Gasteiger partial charge in [0.2, 0.25) is 0 Å². The molecule has 1 atom stereocenters. The van der Waals surface area contributed by atoms with Gasteiger partial charge < -0.3 is 28.8 Å². The number of nitrogens with one attached hydrogen (secondary N) is 1. The van der Waals surface area contributed by atoms with Gasteiger partial charge in [0, 0.05) is 37.5 Å². The molecule has 2 heterocycles. The summed E-state index contributed by atoms with van der Waals surface area (Å²) in [5, 5.41) is 3.09. The van der Waals surface area contributed by atoms with Gasteiger partial charge in [-0.15, -0.1) is 0 Å². The maximum absolute atomic E-state index is 13.2. The third kappa shape index (κ3) is 4.42. The van der Waals surface area contributed by atoms with E-state index in [2.05, 4.69) is 10.3 Å². The molecule has 2 aromatic carbocycles. The number of nitrogens with zero attached hydrogens (tertiary/aromatic N) is 2. The van der Waals surface area contributed by atoms with E-state index in [1.54, 1.807) is 44.7 Å². The fourth-order valence-electron chi connectivity index (χ4n) is 3.47. The van der Waals surface area contributed by atoms with Crippen LogP contribution >= 0.6 is 0 Å². The van der Waals surface area contributed by atoms with Crippen molar-refractivity contribution in [2.45, 2.75) is 12.5 Å². The van der Waals surface area contributed by atoms with E-state index in [9.17, 15) is 4.79 Å². The summed E-state index contributed by atoms with van der Waals surface area (Å²) in [6.07, 6.45) is 4.33. The molecule has 1 N–H and O–H groups in total. The monoisotopic (exact) mass is 423 g/mol. The van der Waals surface area contributed by atoms with Crippen LogP contribution in [-0.4, -0.2) is 42.9 Å². The predicted octanol–water partition coefficient (Wildman–Crippen LogP) is 3.12. The van der Waals surface area contributed by atoms with E-state index in [1.807, 2.05) is 29.9 Å². The number of rotatable bonds is 6. The smallest absolute Gasteiger partial charge is 0.252 e. The minimum atomic E-state index is -0.521. The fourth-order valence-corrected chi connectivity index (χ4v) is 3.47. The fraction of sp³-hybridized carbons (Fsp3) is 0.304. The van der Waals surface area contributed by atoms with Crippen LogP contribution in [0.4, 0.5) is 0 Å². The SMILES string of the molecule is COc1cc(OC)cc([C@@H](NC(=O)c2ccc3c(c2)OCCCO3)c2nccn2C)c1. The average molecular weight is 423 g/mol. The molecule has 0 spiro atoms. The van der Waals surface area contributed by atoms with Gasteiger partial charge in [-0.2, -0.15) is 0 Å². The number of fused-ring (bicyclic) bond motifs is 1. The molecule has 0 fully saturated rings. The molecule has 1 aliphatic rings. The number of methoxy groups -OCH3 is 2. The highest BCUT2D eigenvalue weighted by atomic mass is 16.5. The second-order valence-electron chi connectivity index (χ2n) is 7.16. The first kappa shape index (κ1) is 20.6. The van der Waals surface area contributed by atoms with E-state index < -0.39 is 6.04 Å². The highest BCUT2D eigenvalue weighted by Gasteiger charge is 2.24. The summed E-state index contributed by atoms with van der Waals surface area (Å²) in [5.74, 6) is 2.88. The van der Waals surface area contributed by atoms with Crippen LogP contribution in [0, 0.1) is 0 Å². The Morgan fingerprint density at radius 1 is 1.06 bits per heavy atom.